The lowest BCUT2D eigenvalue weighted by Gasteiger charge is -2.24. The lowest BCUT2D eigenvalue weighted by molar-refractivity contribution is -0.870. The second kappa shape index (κ2) is 35.2. The molecule has 0 aromatic heterocycles. The number of phosphoric acid groups is 1. The molecule has 0 heterocycles. The Labute approximate surface area is 319 Å². The minimum Gasteiger partial charge on any atom is -0.462 e. The highest BCUT2D eigenvalue weighted by atomic mass is 31.2. The quantitative estimate of drug-likeness (QED) is 0.0218. The molecule has 0 aliphatic heterocycles. The van der Waals surface area contributed by atoms with E-state index in [1.807, 2.05) is 21.1 Å². The highest BCUT2D eigenvalue weighted by molar-refractivity contribution is 7.47. The van der Waals surface area contributed by atoms with Crippen molar-refractivity contribution in [3.8, 4) is 0 Å². The Morgan fingerprint density at radius 2 is 0.981 bits per heavy atom. The number of rotatable bonds is 38. The molecule has 0 saturated heterocycles. The van der Waals surface area contributed by atoms with Gasteiger partial charge in [0.15, 0.2) is 6.10 Å². The summed E-state index contributed by atoms with van der Waals surface area (Å²) in [5.74, 6) is -0.817. The number of phosphoric ester groups is 1. The fourth-order valence-corrected chi connectivity index (χ4v) is 6.33. The molecular formula is C42H81NO8P+. The standard InChI is InChI=1S/C42H80NO8P/c1-6-8-10-12-14-16-18-20-21-23-25-27-29-31-33-35-42(45)51-40(39-50-52(46,47)49-37-36-43(3,4)5)38-48-41(44)34-32-30-28-26-24-22-19-17-15-13-11-9-7-2/h17,19-21,40H,6-16,18,22-39H2,1-5H3/p+1/b19-17+,21-20+/t40-/m1/s1. The Kier molecular flexibility index (Phi) is 34.2. The van der Waals surface area contributed by atoms with E-state index in [1.54, 1.807) is 0 Å². The molecule has 0 amide bonds. The largest absolute Gasteiger partial charge is 0.472 e. The molecule has 10 heteroatoms. The van der Waals surface area contributed by atoms with E-state index in [1.165, 1.54) is 77.0 Å². The Balaban J connectivity index is 4.41. The monoisotopic (exact) mass is 759 g/mol. The van der Waals surface area contributed by atoms with Gasteiger partial charge in [0.25, 0.3) is 0 Å². The van der Waals surface area contributed by atoms with Crippen molar-refractivity contribution >= 4 is 19.8 Å². The maximum Gasteiger partial charge on any atom is 0.472 e. The third-order valence-corrected chi connectivity index (χ3v) is 9.94. The van der Waals surface area contributed by atoms with Gasteiger partial charge in [0.2, 0.25) is 0 Å². The van der Waals surface area contributed by atoms with Crippen molar-refractivity contribution in [2.24, 2.45) is 0 Å². The number of carbonyl (C=O) groups excluding carboxylic acids is 2. The Hall–Kier alpha value is -1.51. The average molecular weight is 759 g/mol. The Morgan fingerprint density at radius 1 is 0.577 bits per heavy atom. The fraction of sp³-hybridized carbons (Fsp3) is 0.857. The molecule has 306 valence electrons. The van der Waals surface area contributed by atoms with Crippen molar-refractivity contribution in [1.82, 2.24) is 0 Å². The van der Waals surface area contributed by atoms with Crippen molar-refractivity contribution in [2.45, 2.75) is 187 Å². The van der Waals surface area contributed by atoms with Gasteiger partial charge in [-0.3, -0.25) is 18.6 Å². The maximum atomic E-state index is 12.7. The van der Waals surface area contributed by atoms with Crippen LogP contribution in [-0.2, 0) is 32.7 Å². The summed E-state index contributed by atoms with van der Waals surface area (Å²) in [7, 11) is 1.47. The zero-order valence-electron chi connectivity index (χ0n) is 34.3. The van der Waals surface area contributed by atoms with Crippen LogP contribution in [0.25, 0.3) is 0 Å². The van der Waals surface area contributed by atoms with Crippen LogP contribution in [0.15, 0.2) is 24.3 Å². The van der Waals surface area contributed by atoms with E-state index < -0.39 is 26.5 Å². The first-order valence-corrected chi connectivity index (χ1v) is 22.6. The molecule has 0 rings (SSSR count). The molecule has 0 fully saturated rings. The normalized spacial score (nSPS) is 13.9. The maximum absolute atomic E-state index is 12.7. The van der Waals surface area contributed by atoms with Gasteiger partial charge in [-0.2, -0.15) is 0 Å². The molecule has 0 bridgehead atoms. The van der Waals surface area contributed by atoms with Crippen molar-refractivity contribution in [3.05, 3.63) is 24.3 Å². The first-order valence-electron chi connectivity index (χ1n) is 21.1. The number of allylic oxidation sites excluding steroid dienone is 4. The minimum absolute atomic E-state index is 0.0298. The number of nitrogens with zero attached hydrogens (tertiary/aromatic N) is 1. The van der Waals surface area contributed by atoms with E-state index in [-0.39, 0.29) is 32.0 Å². The molecule has 0 aromatic rings. The van der Waals surface area contributed by atoms with Crippen LogP contribution in [0.3, 0.4) is 0 Å². The zero-order chi connectivity index (χ0) is 38.6. The molecule has 0 radical (unpaired) electrons. The zero-order valence-corrected chi connectivity index (χ0v) is 35.2. The Bertz CT molecular complexity index is 949. The summed E-state index contributed by atoms with van der Waals surface area (Å²) in [6.07, 6.45) is 36.5. The van der Waals surface area contributed by atoms with Crippen molar-refractivity contribution in [2.75, 3.05) is 47.5 Å². The SMILES string of the molecule is CCCCCC/C=C/CCCCCCCC(=O)OC[C@H](COP(=O)(O)OCC[N+](C)(C)C)OC(=O)CCCCCCC/C=C/CCCCCCCC. The first kappa shape index (κ1) is 50.5. The van der Waals surface area contributed by atoms with Crippen molar-refractivity contribution < 1.29 is 42.1 Å². The van der Waals surface area contributed by atoms with E-state index >= 15 is 0 Å². The van der Waals surface area contributed by atoms with Crippen LogP contribution in [0.1, 0.15) is 181 Å². The summed E-state index contributed by atoms with van der Waals surface area (Å²) in [5, 5.41) is 0. The second-order valence-corrected chi connectivity index (χ2v) is 16.8. The van der Waals surface area contributed by atoms with Gasteiger partial charge >= 0.3 is 19.8 Å². The predicted molar refractivity (Wildman–Crippen MR) is 215 cm³/mol. The third-order valence-electron chi connectivity index (χ3n) is 8.95. The van der Waals surface area contributed by atoms with E-state index in [2.05, 4.69) is 38.2 Å². The molecule has 1 N–H and O–H groups in total. The van der Waals surface area contributed by atoms with E-state index in [0.29, 0.717) is 17.4 Å². The Morgan fingerprint density at radius 3 is 1.44 bits per heavy atom. The lowest BCUT2D eigenvalue weighted by Crippen LogP contribution is -2.37. The van der Waals surface area contributed by atoms with Gasteiger partial charge in [-0.25, -0.2) is 4.57 Å². The molecule has 1 unspecified atom stereocenters. The summed E-state index contributed by atoms with van der Waals surface area (Å²) in [6.45, 7) is 4.38. The van der Waals surface area contributed by atoms with Crippen LogP contribution in [0.5, 0.6) is 0 Å². The molecular weight excluding hydrogens is 677 g/mol. The number of carbonyl (C=O) groups is 2. The molecule has 0 aliphatic carbocycles. The van der Waals surface area contributed by atoms with Crippen molar-refractivity contribution in [1.29, 1.82) is 0 Å². The predicted octanol–water partition coefficient (Wildman–Crippen LogP) is 11.6. The number of ether oxygens (including phenoxy) is 2. The van der Waals surface area contributed by atoms with Gasteiger partial charge in [0, 0.05) is 12.8 Å². The third kappa shape index (κ3) is 38.2. The van der Waals surface area contributed by atoms with Gasteiger partial charge < -0.3 is 18.9 Å². The number of likely N-dealkylation sites (N-methyl/N-ethyl adjacent to an activating group) is 1. The van der Waals surface area contributed by atoms with E-state index in [0.717, 1.165) is 70.6 Å². The number of hydrogen-bond acceptors (Lipinski definition) is 7. The van der Waals surface area contributed by atoms with E-state index in [4.69, 9.17) is 18.5 Å². The second-order valence-electron chi connectivity index (χ2n) is 15.4. The smallest absolute Gasteiger partial charge is 0.462 e. The average Bonchev–Trinajstić information content (AvgIpc) is 3.09. The summed E-state index contributed by atoms with van der Waals surface area (Å²) in [5.41, 5.74) is 0. The fourth-order valence-electron chi connectivity index (χ4n) is 5.59. The summed E-state index contributed by atoms with van der Waals surface area (Å²) in [4.78, 5) is 35.3. The molecule has 0 aromatic carbocycles. The van der Waals surface area contributed by atoms with Crippen molar-refractivity contribution in [3.63, 3.8) is 0 Å². The number of quaternary nitrogens is 1. The van der Waals surface area contributed by atoms with Crippen LogP contribution in [0, 0.1) is 0 Å². The van der Waals surface area contributed by atoms with Crippen LogP contribution in [0.2, 0.25) is 0 Å². The highest BCUT2D eigenvalue weighted by Crippen LogP contribution is 2.43. The van der Waals surface area contributed by atoms with Crippen LogP contribution >= 0.6 is 7.82 Å². The highest BCUT2D eigenvalue weighted by Gasteiger charge is 2.27. The lowest BCUT2D eigenvalue weighted by atomic mass is 10.1. The van der Waals surface area contributed by atoms with Gasteiger partial charge in [-0.15, -0.1) is 0 Å². The van der Waals surface area contributed by atoms with Gasteiger partial charge in [-0.1, -0.05) is 128 Å². The van der Waals surface area contributed by atoms with Crippen LogP contribution < -0.4 is 0 Å². The summed E-state index contributed by atoms with van der Waals surface area (Å²) < 4.78 is 34.2. The number of hydrogen-bond donors (Lipinski definition) is 1. The molecule has 52 heavy (non-hydrogen) atoms. The molecule has 0 spiro atoms. The number of esters is 2. The summed E-state index contributed by atoms with van der Waals surface area (Å²) in [6, 6.07) is 0. The molecule has 0 aliphatic rings. The molecule has 2 atom stereocenters. The van der Waals surface area contributed by atoms with Gasteiger partial charge in [0.1, 0.15) is 19.8 Å². The van der Waals surface area contributed by atoms with Crippen LogP contribution in [0.4, 0.5) is 0 Å². The van der Waals surface area contributed by atoms with Gasteiger partial charge in [0.05, 0.1) is 27.7 Å². The molecule has 0 saturated carbocycles. The van der Waals surface area contributed by atoms with Crippen LogP contribution in [-0.4, -0.2) is 74.9 Å². The first-order chi connectivity index (χ1) is 25.0. The molecule has 9 nitrogen and oxygen atoms in total. The minimum atomic E-state index is -4.37. The van der Waals surface area contributed by atoms with E-state index in [9.17, 15) is 19.0 Å². The van der Waals surface area contributed by atoms with Gasteiger partial charge in [-0.05, 0) is 64.2 Å². The summed E-state index contributed by atoms with van der Waals surface area (Å²) >= 11 is 0. The number of unbranched alkanes of at least 4 members (excludes halogenated alkanes) is 20. The topological polar surface area (TPSA) is 108 Å².